The van der Waals surface area contributed by atoms with Crippen LogP contribution in [0.2, 0.25) is 0 Å². The van der Waals surface area contributed by atoms with Gasteiger partial charge in [0.25, 0.3) is 0 Å². The second-order valence-electron chi connectivity index (χ2n) is 6.55. The summed E-state index contributed by atoms with van der Waals surface area (Å²) in [5, 5.41) is 0. The van der Waals surface area contributed by atoms with Gasteiger partial charge in [-0.05, 0) is 19.8 Å². The molecule has 1 heterocycles. The van der Waals surface area contributed by atoms with Crippen molar-refractivity contribution in [1.82, 2.24) is 9.97 Å². The molecular formula is C15H27N5. The van der Waals surface area contributed by atoms with E-state index in [-0.39, 0.29) is 5.41 Å². The quantitative estimate of drug-likeness (QED) is 0.654. The number of nitrogen functional groups attached to an aromatic ring is 1. The molecule has 0 radical (unpaired) electrons. The van der Waals surface area contributed by atoms with Gasteiger partial charge in [-0.2, -0.15) is 0 Å². The summed E-state index contributed by atoms with van der Waals surface area (Å²) in [6.07, 6.45) is 5.16. The minimum atomic E-state index is -0.0866. The first kappa shape index (κ1) is 15.0. The maximum atomic E-state index is 5.57. The van der Waals surface area contributed by atoms with Crippen LogP contribution in [0.4, 0.5) is 11.6 Å². The van der Waals surface area contributed by atoms with E-state index in [1.165, 1.54) is 25.7 Å². The van der Waals surface area contributed by atoms with Crippen molar-refractivity contribution in [3.05, 3.63) is 11.9 Å². The van der Waals surface area contributed by atoms with E-state index in [0.717, 1.165) is 18.2 Å². The van der Waals surface area contributed by atoms with E-state index in [0.29, 0.717) is 11.9 Å². The van der Waals surface area contributed by atoms with Gasteiger partial charge >= 0.3 is 0 Å². The summed E-state index contributed by atoms with van der Waals surface area (Å²) in [7, 11) is 0. The van der Waals surface area contributed by atoms with Gasteiger partial charge < -0.3 is 10.3 Å². The highest BCUT2D eigenvalue weighted by molar-refractivity contribution is 5.50. The number of rotatable bonds is 4. The SMILES string of the molecule is CCN(c1cc(NN)nc(C(C)(C)C)n1)C1CCCC1. The third-order valence-electron chi connectivity index (χ3n) is 3.93. The van der Waals surface area contributed by atoms with Crippen LogP contribution in [0, 0.1) is 0 Å². The molecule has 3 N–H and O–H groups in total. The van der Waals surface area contributed by atoms with Crippen LogP contribution in [0.3, 0.4) is 0 Å². The molecule has 1 aromatic rings. The maximum absolute atomic E-state index is 5.57. The van der Waals surface area contributed by atoms with Crippen molar-refractivity contribution in [3.63, 3.8) is 0 Å². The minimum Gasteiger partial charge on any atom is -0.354 e. The van der Waals surface area contributed by atoms with Crippen LogP contribution in [0.25, 0.3) is 0 Å². The van der Waals surface area contributed by atoms with Crippen LogP contribution in [0.1, 0.15) is 59.2 Å². The molecule has 5 heteroatoms. The van der Waals surface area contributed by atoms with Crippen LogP contribution < -0.4 is 16.2 Å². The molecule has 0 aromatic carbocycles. The van der Waals surface area contributed by atoms with Gasteiger partial charge in [-0.25, -0.2) is 15.8 Å². The third-order valence-corrected chi connectivity index (χ3v) is 3.93. The molecule has 0 unspecified atom stereocenters. The van der Waals surface area contributed by atoms with Crippen molar-refractivity contribution in [2.75, 3.05) is 16.9 Å². The lowest BCUT2D eigenvalue weighted by Gasteiger charge is -2.30. The number of nitrogens with two attached hydrogens (primary N) is 1. The van der Waals surface area contributed by atoms with Crippen molar-refractivity contribution < 1.29 is 0 Å². The molecule has 1 saturated carbocycles. The van der Waals surface area contributed by atoms with Crippen LogP contribution in [-0.4, -0.2) is 22.6 Å². The van der Waals surface area contributed by atoms with Gasteiger partial charge in [0.2, 0.25) is 0 Å². The lowest BCUT2D eigenvalue weighted by Crippen LogP contribution is -2.34. The first-order valence-corrected chi connectivity index (χ1v) is 7.58. The Morgan fingerprint density at radius 1 is 1.30 bits per heavy atom. The molecule has 5 nitrogen and oxygen atoms in total. The van der Waals surface area contributed by atoms with Crippen molar-refractivity contribution in [2.45, 2.75) is 64.8 Å². The zero-order valence-electron chi connectivity index (χ0n) is 13.1. The zero-order valence-corrected chi connectivity index (χ0v) is 13.1. The fourth-order valence-electron chi connectivity index (χ4n) is 2.81. The zero-order chi connectivity index (χ0) is 14.8. The average molecular weight is 277 g/mol. The van der Waals surface area contributed by atoms with Crippen molar-refractivity contribution in [2.24, 2.45) is 5.84 Å². The van der Waals surface area contributed by atoms with Crippen LogP contribution >= 0.6 is 0 Å². The summed E-state index contributed by atoms with van der Waals surface area (Å²) in [6, 6.07) is 2.56. The van der Waals surface area contributed by atoms with Crippen molar-refractivity contribution >= 4 is 11.6 Å². The van der Waals surface area contributed by atoms with Crippen LogP contribution in [0.5, 0.6) is 0 Å². The summed E-state index contributed by atoms with van der Waals surface area (Å²) in [5.41, 5.74) is 2.59. The number of hydrogen-bond donors (Lipinski definition) is 2. The maximum Gasteiger partial charge on any atom is 0.145 e. The van der Waals surface area contributed by atoms with Gasteiger partial charge in [0.15, 0.2) is 0 Å². The van der Waals surface area contributed by atoms with Gasteiger partial charge in [-0.3, -0.25) is 0 Å². The fourth-order valence-corrected chi connectivity index (χ4v) is 2.81. The molecule has 0 aliphatic heterocycles. The predicted molar refractivity (Wildman–Crippen MR) is 83.8 cm³/mol. The Labute approximate surface area is 121 Å². The summed E-state index contributed by atoms with van der Waals surface area (Å²) in [5.74, 6) is 8.08. The topological polar surface area (TPSA) is 67.1 Å². The molecule has 1 aliphatic rings. The van der Waals surface area contributed by atoms with Gasteiger partial charge in [0.1, 0.15) is 17.5 Å². The number of hydrogen-bond acceptors (Lipinski definition) is 5. The van der Waals surface area contributed by atoms with E-state index in [2.05, 4.69) is 43.0 Å². The van der Waals surface area contributed by atoms with E-state index in [1.807, 2.05) is 6.07 Å². The first-order chi connectivity index (χ1) is 9.45. The molecule has 1 aliphatic carbocycles. The van der Waals surface area contributed by atoms with Crippen molar-refractivity contribution in [3.8, 4) is 0 Å². The van der Waals surface area contributed by atoms with Gasteiger partial charge in [0, 0.05) is 24.1 Å². The Hall–Kier alpha value is -1.36. The third kappa shape index (κ3) is 3.20. The highest BCUT2D eigenvalue weighted by Crippen LogP contribution is 2.29. The molecule has 0 bridgehead atoms. The summed E-state index contributed by atoms with van der Waals surface area (Å²) in [4.78, 5) is 11.7. The van der Waals surface area contributed by atoms with E-state index in [9.17, 15) is 0 Å². The smallest absolute Gasteiger partial charge is 0.145 e. The average Bonchev–Trinajstić information content (AvgIpc) is 2.92. The predicted octanol–water partition coefficient (Wildman–Crippen LogP) is 2.83. The number of nitrogens with zero attached hydrogens (tertiary/aromatic N) is 3. The standard InChI is InChI=1S/C15H27N5/c1-5-20(11-8-6-7-9-11)13-10-12(19-16)17-14(18-13)15(2,3)4/h10-11H,5-9,16H2,1-4H3,(H,17,18,19). The Morgan fingerprint density at radius 3 is 2.45 bits per heavy atom. The van der Waals surface area contributed by atoms with E-state index in [4.69, 9.17) is 10.8 Å². The molecule has 0 atom stereocenters. The van der Waals surface area contributed by atoms with Gasteiger partial charge in [0.05, 0.1) is 0 Å². The molecule has 2 rings (SSSR count). The first-order valence-electron chi connectivity index (χ1n) is 7.58. The van der Waals surface area contributed by atoms with Crippen LogP contribution in [-0.2, 0) is 5.41 Å². The Kier molecular flexibility index (Phi) is 4.48. The second-order valence-corrected chi connectivity index (χ2v) is 6.55. The van der Waals surface area contributed by atoms with Crippen molar-refractivity contribution in [1.29, 1.82) is 0 Å². The summed E-state index contributed by atoms with van der Waals surface area (Å²) in [6.45, 7) is 9.52. The normalized spacial score (nSPS) is 16.4. The van der Waals surface area contributed by atoms with Gasteiger partial charge in [-0.15, -0.1) is 0 Å². The van der Waals surface area contributed by atoms with E-state index >= 15 is 0 Å². The molecule has 0 amide bonds. The summed E-state index contributed by atoms with van der Waals surface area (Å²) >= 11 is 0. The van der Waals surface area contributed by atoms with E-state index in [1.54, 1.807) is 0 Å². The number of nitrogens with one attached hydrogen (secondary N) is 1. The molecule has 0 saturated heterocycles. The highest BCUT2D eigenvalue weighted by atomic mass is 15.3. The second kappa shape index (κ2) is 5.95. The lowest BCUT2D eigenvalue weighted by molar-refractivity contribution is 0.539. The molecular weight excluding hydrogens is 250 g/mol. The molecule has 0 spiro atoms. The van der Waals surface area contributed by atoms with Gasteiger partial charge in [-0.1, -0.05) is 33.6 Å². The number of hydrazine groups is 1. The largest absolute Gasteiger partial charge is 0.354 e. The molecule has 112 valence electrons. The Balaban J connectivity index is 2.38. The van der Waals surface area contributed by atoms with E-state index < -0.39 is 0 Å². The highest BCUT2D eigenvalue weighted by Gasteiger charge is 2.25. The number of anilines is 2. The molecule has 20 heavy (non-hydrogen) atoms. The summed E-state index contributed by atoms with van der Waals surface area (Å²) < 4.78 is 0. The van der Waals surface area contributed by atoms with Crippen LogP contribution in [0.15, 0.2) is 6.07 Å². The minimum absolute atomic E-state index is 0.0866. The Morgan fingerprint density at radius 2 is 1.95 bits per heavy atom. The molecule has 1 aromatic heterocycles. The lowest BCUT2D eigenvalue weighted by atomic mass is 9.95. The number of aromatic nitrogens is 2. The molecule has 1 fully saturated rings. The fraction of sp³-hybridized carbons (Fsp3) is 0.733. The Bertz CT molecular complexity index is 446. The monoisotopic (exact) mass is 277 g/mol.